The molecule has 1 aliphatic heterocycles. The first-order chi connectivity index (χ1) is 12.5. The lowest BCUT2D eigenvalue weighted by Crippen LogP contribution is -2.49. The van der Waals surface area contributed by atoms with Crippen molar-refractivity contribution in [2.24, 2.45) is 0 Å². The number of carbonyl (C=O) groups is 3. The molecule has 1 saturated heterocycles. The summed E-state index contributed by atoms with van der Waals surface area (Å²) in [6, 6.07) is 8.58. The number of benzene rings is 1. The number of anilines is 1. The smallest absolute Gasteiger partial charge is 0.325 e. The second-order valence-electron chi connectivity index (χ2n) is 6.91. The van der Waals surface area contributed by atoms with Crippen LogP contribution in [0.1, 0.15) is 37.7 Å². The predicted molar refractivity (Wildman–Crippen MR) is 95.1 cm³/mol. The average molecular weight is 354 g/mol. The highest BCUT2D eigenvalue weighted by Crippen LogP contribution is 2.39. The summed E-state index contributed by atoms with van der Waals surface area (Å²) in [4.78, 5) is 40.3. The zero-order chi connectivity index (χ0) is 18.7. The Morgan fingerprint density at radius 3 is 2.46 bits per heavy atom. The molecule has 0 atom stereocenters. The molecule has 0 unspecified atom stereocenters. The van der Waals surface area contributed by atoms with E-state index in [2.05, 4.69) is 11.4 Å². The van der Waals surface area contributed by atoms with Gasteiger partial charge in [0.1, 0.15) is 12.1 Å². The summed E-state index contributed by atoms with van der Waals surface area (Å²) in [5.41, 5.74) is 0.655. The van der Waals surface area contributed by atoms with E-state index < -0.39 is 17.5 Å². The summed E-state index contributed by atoms with van der Waals surface area (Å²) in [5.74, 6) is -0.676. The van der Waals surface area contributed by atoms with Crippen LogP contribution < -0.4 is 5.32 Å². The van der Waals surface area contributed by atoms with Crippen molar-refractivity contribution in [2.75, 3.05) is 18.9 Å². The highest BCUT2D eigenvalue weighted by molar-refractivity contribution is 6.10. The van der Waals surface area contributed by atoms with Crippen molar-refractivity contribution >= 4 is 23.5 Å². The summed E-state index contributed by atoms with van der Waals surface area (Å²) in [6.07, 6.45) is 4.52. The molecule has 136 valence electrons. The largest absolute Gasteiger partial charge is 0.327 e. The summed E-state index contributed by atoms with van der Waals surface area (Å²) in [7, 11) is 1.65. The van der Waals surface area contributed by atoms with Crippen LogP contribution in [0.3, 0.4) is 0 Å². The number of likely N-dealkylation sites (N-methyl/N-ethyl adjacent to an activating group) is 1. The Morgan fingerprint density at radius 1 is 1.19 bits per heavy atom. The molecule has 7 heteroatoms. The lowest BCUT2D eigenvalue weighted by atomic mass is 9.81. The fourth-order valence-corrected chi connectivity index (χ4v) is 3.81. The third-order valence-electron chi connectivity index (χ3n) is 5.31. The van der Waals surface area contributed by atoms with Gasteiger partial charge in [-0.05, 0) is 30.5 Å². The second kappa shape index (κ2) is 7.16. The number of rotatable bonds is 4. The van der Waals surface area contributed by atoms with Crippen molar-refractivity contribution in [1.82, 2.24) is 9.80 Å². The van der Waals surface area contributed by atoms with Gasteiger partial charge in [-0.15, -0.1) is 0 Å². The van der Waals surface area contributed by atoms with Crippen molar-refractivity contribution in [3.05, 3.63) is 29.8 Å². The lowest BCUT2D eigenvalue weighted by molar-refractivity contribution is -0.136. The second-order valence-corrected chi connectivity index (χ2v) is 6.91. The van der Waals surface area contributed by atoms with E-state index in [1.54, 1.807) is 31.3 Å². The van der Waals surface area contributed by atoms with Crippen molar-refractivity contribution in [2.45, 2.75) is 44.1 Å². The van der Waals surface area contributed by atoms with Crippen LogP contribution in [0.25, 0.3) is 0 Å². The Balaban J connectivity index is 1.66. The number of amides is 4. The number of nitrogens with one attached hydrogen (secondary N) is 1. The maximum Gasteiger partial charge on any atom is 0.327 e. The number of imide groups is 1. The molecule has 1 spiro atoms. The molecule has 1 aromatic rings. The summed E-state index contributed by atoms with van der Waals surface area (Å²) in [5, 5.41) is 11.4. The quantitative estimate of drug-likeness (QED) is 0.840. The Hall–Kier alpha value is -2.88. The van der Waals surface area contributed by atoms with E-state index in [1.807, 2.05) is 0 Å². The number of nitriles is 1. The van der Waals surface area contributed by atoms with E-state index in [4.69, 9.17) is 5.26 Å². The third kappa shape index (κ3) is 3.15. The molecule has 1 saturated carbocycles. The van der Waals surface area contributed by atoms with Gasteiger partial charge in [-0.3, -0.25) is 14.5 Å². The van der Waals surface area contributed by atoms with Crippen LogP contribution >= 0.6 is 0 Å². The van der Waals surface area contributed by atoms with Crippen molar-refractivity contribution < 1.29 is 14.4 Å². The molecular weight excluding hydrogens is 332 g/mol. The van der Waals surface area contributed by atoms with Crippen LogP contribution in [0.2, 0.25) is 0 Å². The fraction of sp³-hybridized carbons (Fsp3) is 0.474. The zero-order valence-corrected chi connectivity index (χ0v) is 14.8. The molecule has 1 N–H and O–H groups in total. The number of nitrogens with zero attached hydrogens (tertiary/aromatic N) is 3. The highest BCUT2D eigenvalue weighted by atomic mass is 16.2. The lowest BCUT2D eigenvalue weighted by Gasteiger charge is -2.35. The number of carbonyl (C=O) groups excluding carboxylic acids is 3. The van der Waals surface area contributed by atoms with Gasteiger partial charge in [-0.25, -0.2) is 4.79 Å². The van der Waals surface area contributed by atoms with Crippen molar-refractivity contribution in [3.8, 4) is 6.07 Å². The van der Waals surface area contributed by atoms with Gasteiger partial charge >= 0.3 is 6.03 Å². The molecule has 1 aromatic carbocycles. The van der Waals surface area contributed by atoms with Crippen LogP contribution in [0.4, 0.5) is 10.5 Å². The molecule has 0 radical (unpaired) electrons. The van der Waals surface area contributed by atoms with Crippen molar-refractivity contribution in [3.63, 3.8) is 0 Å². The van der Waals surface area contributed by atoms with Gasteiger partial charge in [0.15, 0.2) is 0 Å². The molecule has 3 rings (SSSR count). The first kappa shape index (κ1) is 17.9. The molecule has 1 aliphatic carbocycles. The third-order valence-corrected chi connectivity index (χ3v) is 5.31. The van der Waals surface area contributed by atoms with E-state index >= 15 is 0 Å². The fourth-order valence-electron chi connectivity index (χ4n) is 3.81. The van der Waals surface area contributed by atoms with Gasteiger partial charge < -0.3 is 10.2 Å². The molecule has 26 heavy (non-hydrogen) atoms. The molecular formula is C19H22N4O3. The molecule has 0 aromatic heterocycles. The van der Waals surface area contributed by atoms with Gasteiger partial charge in [0, 0.05) is 12.7 Å². The summed E-state index contributed by atoms with van der Waals surface area (Å²) >= 11 is 0. The maximum atomic E-state index is 12.9. The van der Waals surface area contributed by atoms with Gasteiger partial charge in [0.2, 0.25) is 5.91 Å². The Morgan fingerprint density at radius 2 is 1.85 bits per heavy atom. The standard InChI is InChI=1S/C19H22N4O3/c1-22-18(26)23(17(25)19(22)10-3-2-4-11-19)13-16(24)21-15-7-5-14(6-8-15)9-12-20/h5-8H,2-4,9-11,13H2,1H3,(H,21,24). The van der Waals surface area contributed by atoms with E-state index in [0.29, 0.717) is 24.9 Å². The van der Waals surface area contributed by atoms with E-state index in [9.17, 15) is 14.4 Å². The van der Waals surface area contributed by atoms with Crippen molar-refractivity contribution in [1.29, 1.82) is 5.26 Å². The summed E-state index contributed by atoms with van der Waals surface area (Å²) < 4.78 is 0. The Bertz CT molecular complexity index is 760. The zero-order valence-electron chi connectivity index (χ0n) is 14.8. The van der Waals surface area contributed by atoms with Gasteiger partial charge in [-0.1, -0.05) is 31.4 Å². The van der Waals surface area contributed by atoms with Gasteiger partial charge in [0.25, 0.3) is 5.91 Å². The Labute approximate surface area is 152 Å². The molecule has 4 amide bonds. The SMILES string of the molecule is CN1C(=O)N(CC(=O)Nc2ccc(CC#N)cc2)C(=O)C12CCCCC2. The number of hydrogen-bond donors (Lipinski definition) is 1. The topological polar surface area (TPSA) is 93.5 Å². The Kier molecular flexibility index (Phi) is 4.94. The molecule has 1 heterocycles. The minimum Gasteiger partial charge on any atom is -0.325 e. The first-order valence-corrected chi connectivity index (χ1v) is 8.83. The van der Waals surface area contributed by atoms with Gasteiger partial charge in [-0.2, -0.15) is 5.26 Å². The summed E-state index contributed by atoms with van der Waals surface area (Å²) in [6.45, 7) is -0.288. The number of hydrogen-bond acceptors (Lipinski definition) is 4. The first-order valence-electron chi connectivity index (χ1n) is 8.83. The molecule has 0 bridgehead atoms. The maximum absolute atomic E-state index is 12.9. The monoisotopic (exact) mass is 354 g/mol. The molecule has 2 fully saturated rings. The molecule has 7 nitrogen and oxygen atoms in total. The molecule has 2 aliphatic rings. The predicted octanol–water partition coefficient (Wildman–Crippen LogP) is 2.29. The van der Waals surface area contributed by atoms with E-state index in [-0.39, 0.29) is 12.5 Å². The van der Waals surface area contributed by atoms with Crippen LogP contribution in [0, 0.1) is 11.3 Å². The van der Waals surface area contributed by atoms with E-state index in [1.165, 1.54) is 4.90 Å². The van der Waals surface area contributed by atoms with Crippen LogP contribution in [-0.2, 0) is 16.0 Å². The average Bonchev–Trinajstić information content (AvgIpc) is 2.81. The highest BCUT2D eigenvalue weighted by Gasteiger charge is 2.55. The van der Waals surface area contributed by atoms with Crippen LogP contribution in [-0.4, -0.2) is 46.8 Å². The van der Waals surface area contributed by atoms with Crippen LogP contribution in [0.15, 0.2) is 24.3 Å². The van der Waals surface area contributed by atoms with Gasteiger partial charge in [0.05, 0.1) is 12.5 Å². The minimum atomic E-state index is -0.769. The van der Waals surface area contributed by atoms with E-state index in [0.717, 1.165) is 29.7 Å². The minimum absolute atomic E-state index is 0.260. The normalized spacial score (nSPS) is 18.9. The number of urea groups is 1. The van der Waals surface area contributed by atoms with Crippen LogP contribution in [0.5, 0.6) is 0 Å².